The predicted octanol–water partition coefficient (Wildman–Crippen LogP) is 3.94. The van der Waals surface area contributed by atoms with Crippen molar-refractivity contribution in [2.45, 2.75) is 20.3 Å². The highest BCUT2D eigenvalue weighted by Gasteiger charge is 2.16. The van der Waals surface area contributed by atoms with Crippen LogP contribution in [0.1, 0.15) is 31.4 Å². The molecule has 0 fully saturated rings. The minimum atomic E-state index is -0.559. The summed E-state index contributed by atoms with van der Waals surface area (Å²) < 4.78 is 10.6. The third-order valence-electron chi connectivity index (χ3n) is 4.12. The van der Waals surface area contributed by atoms with E-state index in [1.807, 2.05) is 54.6 Å². The zero-order valence-corrected chi connectivity index (χ0v) is 16.6. The molecule has 2 aromatic carbocycles. The Morgan fingerprint density at radius 3 is 2.39 bits per heavy atom. The second-order valence-corrected chi connectivity index (χ2v) is 6.77. The van der Waals surface area contributed by atoms with Crippen molar-refractivity contribution in [3.05, 3.63) is 65.7 Å². The summed E-state index contributed by atoms with van der Waals surface area (Å²) in [7, 11) is 1.58. The van der Waals surface area contributed by atoms with E-state index in [0.29, 0.717) is 29.3 Å². The number of carbonyl (C=O) groups is 2. The number of rotatable bonds is 9. The number of hydrogen-bond donors (Lipinski definition) is 1. The van der Waals surface area contributed by atoms with E-state index in [1.54, 1.807) is 13.2 Å². The summed E-state index contributed by atoms with van der Waals surface area (Å²) in [6, 6.07) is 16.6. The van der Waals surface area contributed by atoms with Crippen LogP contribution in [-0.2, 0) is 14.3 Å². The van der Waals surface area contributed by atoms with Gasteiger partial charge in [-0.3, -0.25) is 4.79 Å². The topological polar surface area (TPSA) is 64.6 Å². The zero-order valence-electron chi connectivity index (χ0n) is 16.6. The summed E-state index contributed by atoms with van der Waals surface area (Å²) >= 11 is 0. The van der Waals surface area contributed by atoms with E-state index in [-0.39, 0.29) is 12.5 Å². The molecule has 28 heavy (non-hydrogen) atoms. The number of esters is 1. The first kappa shape index (κ1) is 21.2. The van der Waals surface area contributed by atoms with Crippen LogP contribution in [0.5, 0.6) is 5.75 Å². The average Bonchev–Trinajstić information content (AvgIpc) is 2.71. The van der Waals surface area contributed by atoms with Gasteiger partial charge in [0.15, 0.2) is 6.61 Å². The van der Waals surface area contributed by atoms with Crippen molar-refractivity contribution in [2.75, 3.05) is 20.3 Å². The first-order valence-corrected chi connectivity index (χ1v) is 9.35. The normalized spacial score (nSPS) is 11.2. The largest absolute Gasteiger partial charge is 0.496 e. The van der Waals surface area contributed by atoms with Gasteiger partial charge in [0.1, 0.15) is 5.75 Å². The van der Waals surface area contributed by atoms with Gasteiger partial charge in [-0.2, -0.15) is 0 Å². The molecular formula is C23H27NO4. The van der Waals surface area contributed by atoms with E-state index >= 15 is 0 Å². The van der Waals surface area contributed by atoms with Crippen molar-refractivity contribution in [1.82, 2.24) is 5.32 Å². The van der Waals surface area contributed by atoms with E-state index in [0.717, 1.165) is 12.0 Å². The van der Waals surface area contributed by atoms with Crippen molar-refractivity contribution < 1.29 is 19.1 Å². The average molecular weight is 381 g/mol. The Hall–Kier alpha value is -3.08. The van der Waals surface area contributed by atoms with Crippen molar-refractivity contribution in [2.24, 2.45) is 5.92 Å². The first-order chi connectivity index (χ1) is 13.5. The van der Waals surface area contributed by atoms with Crippen LogP contribution in [-0.4, -0.2) is 32.1 Å². The number of benzene rings is 2. The third-order valence-corrected chi connectivity index (χ3v) is 4.12. The number of ether oxygens (including phenoxy) is 2. The molecule has 2 aromatic rings. The number of amides is 1. The van der Waals surface area contributed by atoms with Gasteiger partial charge in [-0.05, 0) is 30.0 Å². The van der Waals surface area contributed by atoms with Crippen LogP contribution in [0.2, 0.25) is 0 Å². The lowest BCUT2D eigenvalue weighted by Gasteiger charge is -2.11. The highest BCUT2D eigenvalue weighted by Crippen LogP contribution is 2.25. The van der Waals surface area contributed by atoms with Crippen LogP contribution in [0, 0.1) is 5.92 Å². The standard InChI is InChI=1S/C23H27NO4/c1-17(2)13-14-24-22(25)16-28-23(26)20(18-9-5-4-6-10-18)15-19-11-7-8-12-21(19)27-3/h4-12,15,17H,13-14,16H2,1-3H3,(H,24,25)/b20-15+. The fourth-order valence-electron chi connectivity index (χ4n) is 2.58. The maximum atomic E-state index is 12.7. The minimum absolute atomic E-state index is 0.307. The Kier molecular flexibility index (Phi) is 8.28. The Bertz CT molecular complexity index is 812. The fourth-order valence-corrected chi connectivity index (χ4v) is 2.58. The number of carbonyl (C=O) groups excluding carboxylic acids is 2. The van der Waals surface area contributed by atoms with Crippen LogP contribution in [0.3, 0.4) is 0 Å². The van der Waals surface area contributed by atoms with Crippen molar-refractivity contribution >= 4 is 23.5 Å². The van der Waals surface area contributed by atoms with Gasteiger partial charge in [-0.25, -0.2) is 4.79 Å². The van der Waals surface area contributed by atoms with E-state index in [2.05, 4.69) is 19.2 Å². The maximum absolute atomic E-state index is 12.7. The number of nitrogens with one attached hydrogen (secondary N) is 1. The molecule has 2 rings (SSSR count). The van der Waals surface area contributed by atoms with Crippen LogP contribution in [0.15, 0.2) is 54.6 Å². The minimum Gasteiger partial charge on any atom is -0.496 e. The van der Waals surface area contributed by atoms with Gasteiger partial charge in [0.2, 0.25) is 0 Å². The lowest BCUT2D eigenvalue weighted by Crippen LogP contribution is -2.30. The highest BCUT2D eigenvalue weighted by molar-refractivity contribution is 6.22. The Balaban J connectivity index is 2.15. The molecule has 0 bridgehead atoms. The number of para-hydroxylation sites is 1. The summed E-state index contributed by atoms with van der Waals surface area (Å²) in [5.74, 6) is 0.279. The molecule has 0 aliphatic rings. The monoisotopic (exact) mass is 381 g/mol. The van der Waals surface area contributed by atoms with Gasteiger partial charge < -0.3 is 14.8 Å². The van der Waals surface area contributed by atoms with Gasteiger partial charge in [-0.15, -0.1) is 0 Å². The summed E-state index contributed by atoms with van der Waals surface area (Å²) in [4.78, 5) is 24.6. The van der Waals surface area contributed by atoms with Gasteiger partial charge >= 0.3 is 5.97 Å². The maximum Gasteiger partial charge on any atom is 0.339 e. The Labute approximate surface area is 166 Å². The Morgan fingerprint density at radius 1 is 1.04 bits per heavy atom. The lowest BCUT2D eigenvalue weighted by molar-refractivity contribution is -0.142. The van der Waals surface area contributed by atoms with E-state index in [9.17, 15) is 9.59 Å². The molecule has 0 saturated heterocycles. The molecular weight excluding hydrogens is 354 g/mol. The molecule has 0 aliphatic heterocycles. The number of hydrogen-bond acceptors (Lipinski definition) is 4. The number of methoxy groups -OCH3 is 1. The molecule has 0 atom stereocenters. The summed E-state index contributed by atoms with van der Waals surface area (Å²) in [6.07, 6.45) is 2.59. The van der Waals surface area contributed by atoms with Crippen molar-refractivity contribution in [3.63, 3.8) is 0 Å². The fraction of sp³-hybridized carbons (Fsp3) is 0.304. The molecule has 0 aromatic heterocycles. The van der Waals surface area contributed by atoms with Crippen LogP contribution >= 0.6 is 0 Å². The van der Waals surface area contributed by atoms with Crippen LogP contribution in [0.4, 0.5) is 0 Å². The lowest BCUT2D eigenvalue weighted by atomic mass is 10.0. The summed E-state index contributed by atoms with van der Waals surface area (Å²) in [5.41, 5.74) is 1.82. The highest BCUT2D eigenvalue weighted by atomic mass is 16.5. The van der Waals surface area contributed by atoms with Crippen LogP contribution < -0.4 is 10.1 Å². The van der Waals surface area contributed by atoms with Gasteiger partial charge in [0.05, 0.1) is 12.7 Å². The second kappa shape index (κ2) is 10.9. The molecule has 0 aliphatic carbocycles. The third kappa shape index (κ3) is 6.58. The van der Waals surface area contributed by atoms with E-state index in [1.165, 1.54) is 0 Å². The molecule has 5 nitrogen and oxygen atoms in total. The Morgan fingerprint density at radius 2 is 1.71 bits per heavy atom. The van der Waals surface area contributed by atoms with Crippen molar-refractivity contribution in [1.29, 1.82) is 0 Å². The van der Waals surface area contributed by atoms with E-state index < -0.39 is 5.97 Å². The predicted molar refractivity (Wildman–Crippen MR) is 111 cm³/mol. The smallest absolute Gasteiger partial charge is 0.339 e. The first-order valence-electron chi connectivity index (χ1n) is 9.35. The molecule has 0 spiro atoms. The molecule has 0 radical (unpaired) electrons. The molecule has 0 unspecified atom stereocenters. The SMILES string of the molecule is COc1ccccc1/C=C(/C(=O)OCC(=O)NCCC(C)C)c1ccccc1. The van der Waals surface area contributed by atoms with Gasteiger partial charge in [-0.1, -0.05) is 62.4 Å². The molecule has 0 heterocycles. The summed E-state index contributed by atoms with van der Waals surface area (Å²) in [6.45, 7) is 4.42. The molecule has 1 amide bonds. The van der Waals surface area contributed by atoms with Crippen LogP contribution in [0.25, 0.3) is 11.6 Å². The second-order valence-electron chi connectivity index (χ2n) is 6.77. The van der Waals surface area contributed by atoms with Gasteiger partial charge in [0, 0.05) is 12.1 Å². The van der Waals surface area contributed by atoms with E-state index in [4.69, 9.17) is 9.47 Å². The molecule has 1 N–H and O–H groups in total. The molecule has 5 heteroatoms. The van der Waals surface area contributed by atoms with Crippen molar-refractivity contribution in [3.8, 4) is 5.75 Å². The molecule has 148 valence electrons. The quantitative estimate of drug-likeness (QED) is 0.406. The summed E-state index contributed by atoms with van der Waals surface area (Å²) in [5, 5.41) is 2.76. The molecule has 0 saturated carbocycles. The zero-order chi connectivity index (χ0) is 20.4. The van der Waals surface area contributed by atoms with Gasteiger partial charge in [0.25, 0.3) is 5.91 Å².